The van der Waals surface area contributed by atoms with Crippen molar-refractivity contribution in [3.63, 3.8) is 0 Å². The Morgan fingerprint density at radius 2 is 2.25 bits per heavy atom. The van der Waals surface area contributed by atoms with Crippen molar-refractivity contribution in [1.29, 1.82) is 0 Å². The highest BCUT2D eigenvalue weighted by molar-refractivity contribution is 6.30. The molecule has 2 heterocycles. The average molecular weight is 236 g/mol. The fourth-order valence-corrected chi connectivity index (χ4v) is 1.94. The van der Waals surface area contributed by atoms with Crippen molar-refractivity contribution in [3.05, 3.63) is 47.4 Å². The monoisotopic (exact) mass is 235 g/mol. The Bertz CT molecular complexity index is 496. The molecule has 0 aliphatic carbocycles. The zero-order valence-electron chi connectivity index (χ0n) is 8.44. The largest absolute Gasteiger partial charge is 0.482 e. The van der Waals surface area contributed by atoms with Gasteiger partial charge in [0.1, 0.15) is 11.9 Å². The fraction of sp³-hybridized carbons (Fsp3) is 0.167. The van der Waals surface area contributed by atoms with Crippen LogP contribution in [0.1, 0.15) is 11.7 Å². The SMILES string of the molecule is Clc1ccc2c(c1)OC(c1ccoc1)CN2. The average Bonchev–Trinajstić information content (AvgIpc) is 2.81. The topological polar surface area (TPSA) is 34.4 Å². The van der Waals surface area contributed by atoms with Crippen LogP contribution >= 0.6 is 11.6 Å². The maximum atomic E-state index is 5.92. The molecule has 0 radical (unpaired) electrons. The van der Waals surface area contributed by atoms with Crippen LogP contribution in [0.25, 0.3) is 0 Å². The first-order chi connectivity index (χ1) is 7.83. The molecule has 82 valence electrons. The zero-order chi connectivity index (χ0) is 11.0. The molecule has 0 saturated heterocycles. The van der Waals surface area contributed by atoms with E-state index in [-0.39, 0.29) is 6.10 Å². The Morgan fingerprint density at radius 3 is 3.06 bits per heavy atom. The number of nitrogens with one attached hydrogen (secondary N) is 1. The lowest BCUT2D eigenvalue weighted by molar-refractivity contribution is 0.209. The van der Waals surface area contributed by atoms with Crippen LogP contribution < -0.4 is 10.1 Å². The summed E-state index contributed by atoms with van der Waals surface area (Å²) in [7, 11) is 0. The lowest BCUT2D eigenvalue weighted by Gasteiger charge is -2.26. The van der Waals surface area contributed by atoms with E-state index in [4.69, 9.17) is 20.8 Å². The van der Waals surface area contributed by atoms with E-state index in [0.29, 0.717) is 5.02 Å². The molecule has 2 aromatic rings. The fourth-order valence-electron chi connectivity index (χ4n) is 1.78. The molecule has 0 spiro atoms. The van der Waals surface area contributed by atoms with Crippen LogP contribution in [-0.4, -0.2) is 6.54 Å². The van der Waals surface area contributed by atoms with E-state index in [0.717, 1.165) is 23.5 Å². The minimum absolute atomic E-state index is 0.0234. The van der Waals surface area contributed by atoms with Gasteiger partial charge in [-0.2, -0.15) is 0 Å². The number of furan rings is 1. The van der Waals surface area contributed by atoms with E-state index in [1.807, 2.05) is 24.3 Å². The number of hydrogen-bond acceptors (Lipinski definition) is 3. The van der Waals surface area contributed by atoms with Gasteiger partial charge in [0.15, 0.2) is 0 Å². The second-order valence-corrected chi connectivity index (χ2v) is 4.12. The van der Waals surface area contributed by atoms with Crippen molar-refractivity contribution in [2.45, 2.75) is 6.10 Å². The van der Waals surface area contributed by atoms with Gasteiger partial charge >= 0.3 is 0 Å². The summed E-state index contributed by atoms with van der Waals surface area (Å²) in [4.78, 5) is 0. The summed E-state index contributed by atoms with van der Waals surface area (Å²) in [5.41, 5.74) is 2.00. The minimum atomic E-state index is -0.0234. The summed E-state index contributed by atoms with van der Waals surface area (Å²) in [5, 5.41) is 3.98. The summed E-state index contributed by atoms with van der Waals surface area (Å²) in [6.45, 7) is 0.730. The summed E-state index contributed by atoms with van der Waals surface area (Å²) >= 11 is 5.92. The van der Waals surface area contributed by atoms with Gasteiger partial charge < -0.3 is 14.5 Å². The zero-order valence-corrected chi connectivity index (χ0v) is 9.20. The van der Waals surface area contributed by atoms with Gasteiger partial charge in [0.25, 0.3) is 0 Å². The molecule has 1 N–H and O–H groups in total. The van der Waals surface area contributed by atoms with Crippen LogP contribution in [-0.2, 0) is 0 Å². The molecular formula is C12H10ClNO2. The van der Waals surface area contributed by atoms with Crippen LogP contribution in [0.4, 0.5) is 5.69 Å². The number of fused-ring (bicyclic) bond motifs is 1. The van der Waals surface area contributed by atoms with Gasteiger partial charge in [0.2, 0.25) is 0 Å². The number of hydrogen-bond donors (Lipinski definition) is 1. The third-order valence-corrected chi connectivity index (χ3v) is 2.84. The molecule has 1 aliphatic heterocycles. The van der Waals surface area contributed by atoms with Gasteiger partial charge in [-0.05, 0) is 18.2 Å². The lowest BCUT2D eigenvalue weighted by atomic mass is 10.1. The van der Waals surface area contributed by atoms with Gasteiger partial charge in [-0.15, -0.1) is 0 Å². The van der Waals surface area contributed by atoms with E-state index in [2.05, 4.69) is 5.32 Å². The predicted molar refractivity (Wildman–Crippen MR) is 62.0 cm³/mol. The maximum absolute atomic E-state index is 5.92. The van der Waals surface area contributed by atoms with E-state index >= 15 is 0 Å². The van der Waals surface area contributed by atoms with E-state index in [1.54, 1.807) is 12.5 Å². The summed E-state index contributed by atoms with van der Waals surface area (Å²) in [5.74, 6) is 0.782. The molecule has 1 aromatic carbocycles. The van der Waals surface area contributed by atoms with Crippen LogP contribution in [0.3, 0.4) is 0 Å². The van der Waals surface area contributed by atoms with E-state index < -0.39 is 0 Å². The van der Waals surface area contributed by atoms with Gasteiger partial charge in [0.05, 0.1) is 24.8 Å². The van der Waals surface area contributed by atoms with Gasteiger partial charge in [-0.25, -0.2) is 0 Å². The number of halogens is 1. The van der Waals surface area contributed by atoms with E-state index in [1.165, 1.54) is 0 Å². The Balaban J connectivity index is 1.91. The number of ether oxygens (including phenoxy) is 1. The van der Waals surface area contributed by atoms with Gasteiger partial charge in [-0.1, -0.05) is 11.6 Å². The van der Waals surface area contributed by atoms with Crippen LogP contribution in [0.2, 0.25) is 5.02 Å². The van der Waals surface area contributed by atoms with Crippen LogP contribution in [0.5, 0.6) is 5.75 Å². The normalized spacial score (nSPS) is 18.4. The lowest BCUT2D eigenvalue weighted by Crippen LogP contribution is -2.23. The highest BCUT2D eigenvalue weighted by atomic mass is 35.5. The Labute approximate surface area is 98.0 Å². The molecule has 1 atom stereocenters. The van der Waals surface area contributed by atoms with Crippen molar-refractivity contribution < 1.29 is 9.15 Å². The highest BCUT2D eigenvalue weighted by Gasteiger charge is 2.21. The van der Waals surface area contributed by atoms with Crippen molar-refractivity contribution in [3.8, 4) is 5.75 Å². The van der Waals surface area contributed by atoms with Crippen molar-refractivity contribution in [1.82, 2.24) is 0 Å². The first-order valence-corrected chi connectivity index (χ1v) is 5.43. The summed E-state index contributed by atoms with van der Waals surface area (Å²) < 4.78 is 10.9. The second-order valence-electron chi connectivity index (χ2n) is 3.68. The smallest absolute Gasteiger partial charge is 0.144 e. The van der Waals surface area contributed by atoms with Crippen LogP contribution in [0.15, 0.2) is 41.2 Å². The minimum Gasteiger partial charge on any atom is -0.482 e. The molecule has 4 heteroatoms. The van der Waals surface area contributed by atoms with Gasteiger partial charge in [-0.3, -0.25) is 0 Å². The van der Waals surface area contributed by atoms with Crippen molar-refractivity contribution in [2.24, 2.45) is 0 Å². The second kappa shape index (κ2) is 3.76. The summed E-state index contributed by atoms with van der Waals surface area (Å²) in [6, 6.07) is 7.48. The third kappa shape index (κ3) is 1.63. The molecule has 1 unspecified atom stereocenters. The first kappa shape index (κ1) is 9.60. The molecule has 0 saturated carbocycles. The molecule has 3 rings (SSSR count). The molecule has 1 aromatic heterocycles. The molecule has 3 nitrogen and oxygen atoms in total. The number of anilines is 1. The molecular weight excluding hydrogens is 226 g/mol. The number of rotatable bonds is 1. The molecule has 16 heavy (non-hydrogen) atoms. The highest BCUT2D eigenvalue weighted by Crippen LogP contribution is 2.35. The Morgan fingerprint density at radius 1 is 1.31 bits per heavy atom. The molecule has 0 bridgehead atoms. The standard InChI is InChI=1S/C12H10ClNO2/c13-9-1-2-10-11(5-9)16-12(6-14-10)8-3-4-15-7-8/h1-5,7,12,14H,6H2. The van der Waals surface area contributed by atoms with Crippen LogP contribution in [0, 0.1) is 0 Å². The van der Waals surface area contributed by atoms with Crippen molar-refractivity contribution in [2.75, 3.05) is 11.9 Å². The quantitative estimate of drug-likeness (QED) is 0.822. The predicted octanol–water partition coefficient (Wildman–Crippen LogP) is 3.48. The molecule has 0 fully saturated rings. The molecule has 0 amide bonds. The van der Waals surface area contributed by atoms with Gasteiger partial charge in [0, 0.05) is 16.7 Å². The molecule has 1 aliphatic rings. The third-order valence-electron chi connectivity index (χ3n) is 2.61. The summed E-state index contributed by atoms with van der Waals surface area (Å²) in [6.07, 6.45) is 3.32. The number of benzene rings is 1. The van der Waals surface area contributed by atoms with E-state index in [9.17, 15) is 0 Å². The first-order valence-electron chi connectivity index (χ1n) is 5.05. The Kier molecular flexibility index (Phi) is 2.26. The Hall–Kier alpha value is -1.61. The maximum Gasteiger partial charge on any atom is 0.144 e. The van der Waals surface area contributed by atoms with Crippen molar-refractivity contribution >= 4 is 17.3 Å².